The Morgan fingerprint density at radius 2 is 1.81 bits per heavy atom. The molecule has 1 saturated carbocycles. The number of carbonyl (C=O) groups excluding carboxylic acids is 3. The number of aryl methyl sites for hydroxylation is 1. The molecule has 1 aliphatic rings. The molecule has 0 unspecified atom stereocenters. The van der Waals surface area contributed by atoms with Crippen molar-refractivity contribution >= 4 is 56.7 Å². The third-order valence-electron chi connectivity index (χ3n) is 4.35. The van der Waals surface area contributed by atoms with Gasteiger partial charge in [-0.15, -0.1) is 0 Å². The van der Waals surface area contributed by atoms with Crippen LogP contribution in [-0.4, -0.2) is 29.4 Å². The predicted molar refractivity (Wildman–Crippen MR) is 124 cm³/mol. The number of hydrogen-bond donors (Lipinski definition) is 4. The lowest BCUT2D eigenvalue weighted by Gasteiger charge is -2.12. The number of thiocarbonyl (C=S) groups is 1. The van der Waals surface area contributed by atoms with Crippen molar-refractivity contribution in [3.05, 3.63) is 58.1 Å². The minimum Gasteiger partial charge on any atom is -0.483 e. The lowest BCUT2D eigenvalue weighted by Crippen LogP contribution is -2.49. The van der Waals surface area contributed by atoms with Crippen LogP contribution >= 0.6 is 28.1 Å². The summed E-state index contributed by atoms with van der Waals surface area (Å²) in [7, 11) is 0. The molecule has 3 amide bonds. The maximum absolute atomic E-state index is 12.2. The summed E-state index contributed by atoms with van der Waals surface area (Å²) >= 11 is 8.37. The smallest absolute Gasteiger partial charge is 0.269 e. The van der Waals surface area contributed by atoms with E-state index in [2.05, 4.69) is 37.4 Å². The number of anilines is 1. The first kappa shape index (κ1) is 22.7. The van der Waals surface area contributed by atoms with Crippen LogP contribution in [0.4, 0.5) is 5.69 Å². The fourth-order valence-electron chi connectivity index (χ4n) is 2.54. The van der Waals surface area contributed by atoms with Crippen LogP contribution in [0.1, 0.15) is 28.8 Å². The molecule has 0 heterocycles. The highest BCUT2D eigenvalue weighted by atomic mass is 79.9. The van der Waals surface area contributed by atoms with Gasteiger partial charge in [0.2, 0.25) is 5.91 Å². The Morgan fingerprint density at radius 3 is 2.45 bits per heavy atom. The zero-order valence-electron chi connectivity index (χ0n) is 16.7. The number of benzene rings is 2. The molecule has 1 aliphatic carbocycles. The van der Waals surface area contributed by atoms with Crippen molar-refractivity contribution in [1.82, 2.24) is 16.2 Å². The molecule has 0 radical (unpaired) electrons. The van der Waals surface area contributed by atoms with Gasteiger partial charge in [-0.3, -0.25) is 30.6 Å². The van der Waals surface area contributed by atoms with E-state index in [9.17, 15) is 14.4 Å². The molecule has 2 aromatic rings. The largest absolute Gasteiger partial charge is 0.483 e. The normalized spacial score (nSPS) is 12.5. The van der Waals surface area contributed by atoms with Crippen molar-refractivity contribution < 1.29 is 19.1 Å². The van der Waals surface area contributed by atoms with Gasteiger partial charge in [-0.25, -0.2) is 0 Å². The van der Waals surface area contributed by atoms with E-state index in [4.69, 9.17) is 17.0 Å². The van der Waals surface area contributed by atoms with Crippen LogP contribution in [0.15, 0.2) is 46.9 Å². The summed E-state index contributed by atoms with van der Waals surface area (Å²) in [6.45, 7) is 1.70. The number of hydrazine groups is 1. The molecule has 2 aromatic carbocycles. The molecular weight excluding hydrogens is 484 g/mol. The number of hydrogen-bond acceptors (Lipinski definition) is 5. The molecular formula is C21H21BrN4O4S. The number of ether oxygens (including phenoxy) is 1. The molecule has 4 N–H and O–H groups in total. The number of rotatable bonds is 6. The Hall–Kier alpha value is -2.98. The maximum Gasteiger partial charge on any atom is 0.269 e. The highest BCUT2D eigenvalue weighted by molar-refractivity contribution is 9.10. The summed E-state index contributed by atoms with van der Waals surface area (Å²) < 4.78 is 6.19. The van der Waals surface area contributed by atoms with Crippen molar-refractivity contribution in [2.45, 2.75) is 19.8 Å². The van der Waals surface area contributed by atoms with Gasteiger partial charge in [-0.2, -0.15) is 0 Å². The SMILES string of the molecule is Cc1ccc(OCC(=O)NC(=S)NNC(=O)c2ccc(NC(=O)C3CC3)cc2)c(Br)c1. The molecule has 0 bridgehead atoms. The quantitative estimate of drug-likeness (QED) is 0.355. The van der Waals surface area contributed by atoms with Crippen LogP contribution in [0, 0.1) is 12.8 Å². The van der Waals surface area contributed by atoms with Crippen molar-refractivity contribution in [2.24, 2.45) is 5.92 Å². The zero-order chi connectivity index (χ0) is 22.4. The monoisotopic (exact) mass is 504 g/mol. The molecule has 1 fully saturated rings. The number of nitrogens with one attached hydrogen (secondary N) is 4. The Balaban J connectivity index is 1.39. The summed E-state index contributed by atoms with van der Waals surface area (Å²) in [6, 6.07) is 12.0. The van der Waals surface area contributed by atoms with E-state index in [1.807, 2.05) is 19.1 Å². The molecule has 162 valence electrons. The Bertz CT molecular complexity index is 1010. The zero-order valence-corrected chi connectivity index (χ0v) is 19.1. The highest BCUT2D eigenvalue weighted by Crippen LogP contribution is 2.30. The summed E-state index contributed by atoms with van der Waals surface area (Å²) in [5.41, 5.74) is 6.91. The van der Waals surface area contributed by atoms with Crippen LogP contribution in [0.3, 0.4) is 0 Å². The van der Waals surface area contributed by atoms with E-state index in [0.29, 0.717) is 17.0 Å². The summed E-state index contributed by atoms with van der Waals surface area (Å²) in [5.74, 6) is -0.290. The van der Waals surface area contributed by atoms with Crippen LogP contribution in [-0.2, 0) is 9.59 Å². The Morgan fingerprint density at radius 1 is 1.10 bits per heavy atom. The Kier molecular flexibility index (Phi) is 7.59. The van der Waals surface area contributed by atoms with Gasteiger partial charge < -0.3 is 10.1 Å². The third-order valence-corrected chi connectivity index (χ3v) is 5.18. The number of halogens is 1. The van der Waals surface area contributed by atoms with Gasteiger partial charge in [0.25, 0.3) is 11.8 Å². The van der Waals surface area contributed by atoms with Crippen LogP contribution in [0.2, 0.25) is 0 Å². The molecule has 8 nitrogen and oxygen atoms in total. The fourth-order valence-corrected chi connectivity index (χ4v) is 3.31. The lowest BCUT2D eigenvalue weighted by molar-refractivity contribution is -0.121. The molecule has 0 saturated heterocycles. The minimum absolute atomic E-state index is 0.00123. The van der Waals surface area contributed by atoms with Crippen LogP contribution in [0.5, 0.6) is 5.75 Å². The van der Waals surface area contributed by atoms with Crippen molar-refractivity contribution in [1.29, 1.82) is 0 Å². The summed E-state index contributed by atoms with van der Waals surface area (Å²) in [6.07, 6.45) is 1.84. The predicted octanol–water partition coefficient (Wildman–Crippen LogP) is 2.82. The van der Waals surface area contributed by atoms with Crippen molar-refractivity contribution in [3.8, 4) is 5.75 Å². The average Bonchev–Trinajstić information content (AvgIpc) is 3.57. The van der Waals surface area contributed by atoms with E-state index >= 15 is 0 Å². The van der Waals surface area contributed by atoms with E-state index in [0.717, 1.165) is 22.9 Å². The molecule has 0 aliphatic heterocycles. The van der Waals surface area contributed by atoms with Gasteiger partial charge in [-0.1, -0.05) is 6.07 Å². The van der Waals surface area contributed by atoms with Gasteiger partial charge in [0, 0.05) is 17.2 Å². The molecule has 0 atom stereocenters. The molecule has 0 spiro atoms. The summed E-state index contributed by atoms with van der Waals surface area (Å²) in [4.78, 5) is 35.9. The van der Waals surface area contributed by atoms with Gasteiger partial charge in [-0.05, 0) is 89.9 Å². The van der Waals surface area contributed by atoms with Crippen molar-refractivity contribution in [3.63, 3.8) is 0 Å². The Labute approximate surface area is 193 Å². The van der Waals surface area contributed by atoms with E-state index in [-0.39, 0.29) is 23.5 Å². The number of carbonyl (C=O) groups is 3. The topological polar surface area (TPSA) is 109 Å². The lowest BCUT2D eigenvalue weighted by atomic mass is 10.2. The maximum atomic E-state index is 12.2. The van der Waals surface area contributed by atoms with E-state index < -0.39 is 11.8 Å². The first-order chi connectivity index (χ1) is 14.8. The van der Waals surface area contributed by atoms with Gasteiger partial charge in [0.1, 0.15) is 5.75 Å². The molecule has 31 heavy (non-hydrogen) atoms. The first-order valence-corrected chi connectivity index (χ1v) is 10.7. The second-order valence-corrected chi connectivity index (χ2v) is 8.28. The average molecular weight is 505 g/mol. The molecule has 3 rings (SSSR count). The molecule has 10 heteroatoms. The molecule has 0 aromatic heterocycles. The first-order valence-electron chi connectivity index (χ1n) is 9.52. The number of amides is 3. The van der Waals surface area contributed by atoms with E-state index in [1.54, 1.807) is 30.3 Å². The van der Waals surface area contributed by atoms with Gasteiger partial charge >= 0.3 is 0 Å². The van der Waals surface area contributed by atoms with Gasteiger partial charge in [0.05, 0.1) is 4.47 Å². The van der Waals surface area contributed by atoms with Crippen molar-refractivity contribution in [2.75, 3.05) is 11.9 Å². The second kappa shape index (κ2) is 10.4. The standard InChI is InChI=1S/C21H21BrN4O4S/c1-12-2-9-17(16(22)10-12)30-11-18(27)24-21(31)26-25-20(29)14-5-7-15(8-6-14)23-19(28)13-3-4-13/h2,5-10,13H,3-4,11H2,1H3,(H,23,28)(H,25,29)(H2,24,26,27,31). The van der Waals surface area contributed by atoms with Crippen LogP contribution in [0.25, 0.3) is 0 Å². The third kappa shape index (κ3) is 7.04. The summed E-state index contributed by atoms with van der Waals surface area (Å²) in [5, 5.41) is 5.15. The minimum atomic E-state index is -0.477. The second-order valence-electron chi connectivity index (χ2n) is 7.02. The van der Waals surface area contributed by atoms with Crippen LogP contribution < -0.4 is 26.2 Å². The fraction of sp³-hybridized carbons (Fsp3) is 0.238. The highest BCUT2D eigenvalue weighted by Gasteiger charge is 2.29. The van der Waals surface area contributed by atoms with E-state index in [1.165, 1.54) is 0 Å². The van der Waals surface area contributed by atoms with Gasteiger partial charge in [0.15, 0.2) is 11.7 Å².